The second kappa shape index (κ2) is 7.68. The van der Waals surface area contributed by atoms with Gasteiger partial charge in [-0.25, -0.2) is 0 Å². The topological polar surface area (TPSA) is 41.8 Å². The SMILES string of the molecule is OC(CN=Cc1ccc(Cl)cc1)COc1ccccc1. The maximum Gasteiger partial charge on any atom is 0.119 e. The van der Waals surface area contributed by atoms with E-state index >= 15 is 0 Å². The molecule has 0 aliphatic rings. The quantitative estimate of drug-likeness (QED) is 0.830. The summed E-state index contributed by atoms with van der Waals surface area (Å²) in [6.07, 6.45) is 1.08. The minimum absolute atomic E-state index is 0.224. The number of nitrogens with zero attached hydrogens (tertiary/aromatic N) is 1. The van der Waals surface area contributed by atoms with Crippen molar-refractivity contribution in [2.75, 3.05) is 13.2 Å². The zero-order valence-electron chi connectivity index (χ0n) is 10.9. The zero-order valence-corrected chi connectivity index (χ0v) is 11.7. The maximum atomic E-state index is 9.77. The molecule has 0 heterocycles. The van der Waals surface area contributed by atoms with Gasteiger partial charge in [-0.2, -0.15) is 0 Å². The Bertz CT molecular complexity index is 540. The zero-order chi connectivity index (χ0) is 14.2. The predicted molar refractivity (Wildman–Crippen MR) is 81.9 cm³/mol. The van der Waals surface area contributed by atoms with Crippen molar-refractivity contribution in [2.45, 2.75) is 6.10 Å². The molecule has 104 valence electrons. The molecule has 3 nitrogen and oxygen atoms in total. The maximum absolute atomic E-state index is 9.77. The monoisotopic (exact) mass is 289 g/mol. The van der Waals surface area contributed by atoms with E-state index in [1.807, 2.05) is 42.5 Å². The van der Waals surface area contributed by atoms with E-state index in [2.05, 4.69) is 4.99 Å². The molecule has 0 fully saturated rings. The van der Waals surface area contributed by atoms with Crippen LogP contribution in [0, 0.1) is 0 Å². The van der Waals surface area contributed by atoms with Crippen LogP contribution >= 0.6 is 11.6 Å². The number of ether oxygens (including phenoxy) is 1. The molecule has 0 radical (unpaired) electrons. The summed E-state index contributed by atoms with van der Waals surface area (Å²) in [4.78, 5) is 4.19. The molecule has 0 saturated heterocycles. The molecule has 20 heavy (non-hydrogen) atoms. The van der Waals surface area contributed by atoms with E-state index in [1.165, 1.54) is 0 Å². The van der Waals surface area contributed by atoms with Crippen molar-refractivity contribution in [2.24, 2.45) is 4.99 Å². The average Bonchev–Trinajstić information content (AvgIpc) is 2.48. The summed E-state index contributed by atoms with van der Waals surface area (Å²) in [7, 11) is 0. The summed E-state index contributed by atoms with van der Waals surface area (Å²) in [5, 5.41) is 10.5. The summed E-state index contributed by atoms with van der Waals surface area (Å²) in [6, 6.07) is 16.8. The van der Waals surface area contributed by atoms with E-state index < -0.39 is 6.10 Å². The summed E-state index contributed by atoms with van der Waals surface area (Å²) in [6.45, 7) is 0.525. The van der Waals surface area contributed by atoms with Crippen molar-refractivity contribution in [3.8, 4) is 5.75 Å². The van der Waals surface area contributed by atoms with Crippen molar-refractivity contribution in [3.05, 3.63) is 65.2 Å². The Hall–Kier alpha value is -1.84. The van der Waals surface area contributed by atoms with Crippen LogP contribution in [0.1, 0.15) is 5.56 Å². The number of aliphatic hydroxyl groups excluding tert-OH is 1. The first-order chi connectivity index (χ1) is 9.74. The van der Waals surface area contributed by atoms with E-state index in [0.717, 1.165) is 11.3 Å². The van der Waals surface area contributed by atoms with Crippen LogP contribution in [0.25, 0.3) is 0 Å². The van der Waals surface area contributed by atoms with E-state index in [0.29, 0.717) is 11.6 Å². The first-order valence-corrected chi connectivity index (χ1v) is 6.73. The van der Waals surface area contributed by atoms with Crippen LogP contribution in [0.5, 0.6) is 5.75 Å². The highest BCUT2D eigenvalue weighted by Crippen LogP contribution is 2.09. The largest absolute Gasteiger partial charge is 0.491 e. The van der Waals surface area contributed by atoms with Crippen LogP contribution < -0.4 is 4.74 Å². The summed E-state index contributed by atoms with van der Waals surface area (Å²) >= 11 is 5.79. The molecular formula is C16H16ClNO2. The smallest absolute Gasteiger partial charge is 0.119 e. The third kappa shape index (κ3) is 5.03. The van der Waals surface area contributed by atoms with Gasteiger partial charge in [0, 0.05) is 11.2 Å². The Morgan fingerprint density at radius 2 is 1.80 bits per heavy atom. The standard InChI is InChI=1S/C16H16ClNO2/c17-14-8-6-13(7-9-14)10-18-11-15(19)12-20-16-4-2-1-3-5-16/h1-10,15,19H,11-12H2. The molecule has 1 N–H and O–H groups in total. The number of rotatable bonds is 6. The van der Waals surface area contributed by atoms with Crippen LogP contribution in [0.2, 0.25) is 5.02 Å². The number of aliphatic imine (C=N–C) groups is 1. The van der Waals surface area contributed by atoms with Gasteiger partial charge in [0.2, 0.25) is 0 Å². The number of hydrogen-bond donors (Lipinski definition) is 1. The van der Waals surface area contributed by atoms with Gasteiger partial charge >= 0.3 is 0 Å². The lowest BCUT2D eigenvalue weighted by Gasteiger charge is -2.09. The fraction of sp³-hybridized carbons (Fsp3) is 0.188. The van der Waals surface area contributed by atoms with Crippen molar-refractivity contribution in [1.82, 2.24) is 0 Å². The van der Waals surface area contributed by atoms with E-state index in [4.69, 9.17) is 16.3 Å². The summed E-state index contributed by atoms with van der Waals surface area (Å²) in [5.41, 5.74) is 0.950. The average molecular weight is 290 g/mol. The Labute approximate surface area is 123 Å². The number of benzene rings is 2. The molecule has 2 rings (SSSR count). The molecule has 0 aliphatic heterocycles. The lowest BCUT2D eigenvalue weighted by Crippen LogP contribution is -2.20. The number of hydrogen-bond acceptors (Lipinski definition) is 3. The van der Waals surface area contributed by atoms with Crippen molar-refractivity contribution >= 4 is 17.8 Å². The highest BCUT2D eigenvalue weighted by atomic mass is 35.5. The van der Waals surface area contributed by atoms with Gasteiger partial charge in [0.1, 0.15) is 18.5 Å². The van der Waals surface area contributed by atoms with Crippen molar-refractivity contribution in [1.29, 1.82) is 0 Å². The number of para-hydroxylation sites is 1. The fourth-order valence-electron chi connectivity index (χ4n) is 1.59. The molecule has 1 atom stereocenters. The third-order valence-electron chi connectivity index (χ3n) is 2.61. The summed E-state index contributed by atoms with van der Waals surface area (Å²) < 4.78 is 5.44. The Morgan fingerprint density at radius 1 is 1.10 bits per heavy atom. The molecule has 0 bridgehead atoms. The van der Waals surface area contributed by atoms with Crippen LogP contribution in [0.3, 0.4) is 0 Å². The molecule has 2 aromatic rings. The van der Waals surface area contributed by atoms with E-state index in [1.54, 1.807) is 18.3 Å². The van der Waals surface area contributed by atoms with Crippen LogP contribution in [-0.4, -0.2) is 30.6 Å². The lowest BCUT2D eigenvalue weighted by molar-refractivity contribution is 0.114. The highest BCUT2D eigenvalue weighted by molar-refractivity contribution is 6.30. The predicted octanol–water partition coefficient (Wildman–Crippen LogP) is 3.20. The lowest BCUT2D eigenvalue weighted by atomic mass is 10.2. The first kappa shape index (κ1) is 14.6. The first-order valence-electron chi connectivity index (χ1n) is 6.35. The Balaban J connectivity index is 1.74. The van der Waals surface area contributed by atoms with Gasteiger partial charge in [-0.05, 0) is 29.8 Å². The highest BCUT2D eigenvalue weighted by Gasteiger charge is 2.03. The number of halogens is 1. The Kier molecular flexibility index (Phi) is 5.59. The van der Waals surface area contributed by atoms with Crippen LogP contribution in [0.15, 0.2) is 59.6 Å². The molecule has 0 aromatic heterocycles. The van der Waals surface area contributed by atoms with E-state index in [9.17, 15) is 5.11 Å². The minimum Gasteiger partial charge on any atom is -0.491 e. The molecule has 0 amide bonds. The molecule has 0 spiro atoms. The van der Waals surface area contributed by atoms with Gasteiger partial charge < -0.3 is 9.84 Å². The van der Waals surface area contributed by atoms with Crippen molar-refractivity contribution in [3.63, 3.8) is 0 Å². The second-order valence-electron chi connectivity index (χ2n) is 4.32. The second-order valence-corrected chi connectivity index (χ2v) is 4.76. The Morgan fingerprint density at radius 3 is 2.50 bits per heavy atom. The van der Waals surface area contributed by atoms with Crippen molar-refractivity contribution < 1.29 is 9.84 Å². The summed E-state index contributed by atoms with van der Waals surface area (Å²) in [5.74, 6) is 0.744. The molecule has 0 aliphatic carbocycles. The normalized spacial score (nSPS) is 12.5. The van der Waals surface area contributed by atoms with Crippen LogP contribution in [0.4, 0.5) is 0 Å². The third-order valence-corrected chi connectivity index (χ3v) is 2.86. The van der Waals surface area contributed by atoms with Gasteiger partial charge in [-0.3, -0.25) is 4.99 Å². The molecule has 2 aromatic carbocycles. The van der Waals surface area contributed by atoms with E-state index in [-0.39, 0.29) is 6.61 Å². The fourth-order valence-corrected chi connectivity index (χ4v) is 1.72. The molecule has 0 saturated carbocycles. The molecule has 1 unspecified atom stereocenters. The van der Waals surface area contributed by atoms with Crippen LogP contribution in [-0.2, 0) is 0 Å². The van der Waals surface area contributed by atoms with Gasteiger partial charge in [-0.1, -0.05) is 41.9 Å². The number of aliphatic hydroxyl groups is 1. The van der Waals surface area contributed by atoms with Gasteiger partial charge in [0.15, 0.2) is 0 Å². The van der Waals surface area contributed by atoms with Gasteiger partial charge in [-0.15, -0.1) is 0 Å². The van der Waals surface area contributed by atoms with Gasteiger partial charge in [0.05, 0.1) is 6.54 Å². The molecule has 4 heteroatoms. The minimum atomic E-state index is -0.626. The molecular weight excluding hydrogens is 274 g/mol. The van der Waals surface area contributed by atoms with Gasteiger partial charge in [0.25, 0.3) is 0 Å².